The van der Waals surface area contributed by atoms with E-state index >= 15 is 0 Å². The Morgan fingerprint density at radius 2 is 1.70 bits per heavy atom. The zero-order valence-corrected chi connectivity index (χ0v) is 27.2. The number of carbonyl (C=O) groups is 1. The second kappa shape index (κ2) is 14.4. The van der Waals surface area contributed by atoms with Gasteiger partial charge in [-0.25, -0.2) is 8.42 Å². The van der Waals surface area contributed by atoms with Crippen LogP contribution in [-0.4, -0.2) is 84.8 Å². The highest BCUT2D eigenvalue weighted by Gasteiger charge is 2.39. The first-order chi connectivity index (χ1) is 20.7. The zero-order valence-electron chi connectivity index (χ0n) is 24.1. The average molecular weight is 662 g/mol. The van der Waals surface area contributed by atoms with Crippen molar-refractivity contribution in [2.75, 3.05) is 43.4 Å². The third-order valence-electron chi connectivity index (χ3n) is 8.64. The van der Waals surface area contributed by atoms with Crippen molar-refractivity contribution in [3.63, 3.8) is 0 Å². The van der Waals surface area contributed by atoms with E-state index in [0.717, 1.165) is 36.5 Å². The molecule has 5 rings (SSSR count). The fraction of sp³-hybridized carbons (Fsp3) is 0.424. The molecule has 3 unspecified atom stereocenters. The van der Waals surface area contributed by atoms with Crippen LogP contribution in [0.1, 0.15) is 41.6 Å². The van der Waals surface area contributed by atoms with Crippen LogP contribution >= 0.6 is 35.0 Å². The molecule has 1 N–H and O–H groups in total. The molecule has 3 aromatic carbocycles. The summed E-state index contributed by atoms with van der Waals surface area (Å²) >= 11 is 14.6. The van der Waals surface area contributed by atoms with Crippen molar-refractivity contribution in [2.45, 2.75) is 48.1 Å². The lowest BCUT2D eigenvalue weighted by atomic mass is 9.75. The Kier molecular flexibility index (Phi) is 10.8. The highest BCUT2D eigenvalue weighted by Crippen LogP contribution is 2.40. The van der Waals surface area contributed by atoms with Gasteiger partial charge in [0.25, 0.3) is 5.91 Å². The third-order valence-corrected chi connectivity index (χ3v) is 12.4. The molecule has 0 radical (unpaired) electrons. The number of halogens is 2. The van der Waals surface area contributed by atoms with Crippen molar-refractivity contribution in [3.05, 3.63) is 100 Å². The van der Waals surface area contributed by atoms with Gasteiger partial charge in [-0.05, 0) is 67.6 Å². The monoisotopic (exact) mass is 660 g/mol. The third kappa shape index (κ3) is 7.96. The smallest absolute Gasteiger partial charge is 0.253 e. The van der Waals surface area contributed by atoms with Crippen LogP contribution in [0.4, 0.5) is 0 Å². The number of sulfone groups is 1. The summed E-state index contributed by atoms with van der Waals surface area (Å²) in [6, 6.07) is 23.5. The highest BCUT2D eigenvalue weighted by molar-refractivity contribution is 7.99. The maximum absolute atomic E-state index is 13.5. The summed E-state index contributed by atoms with van der Waals surface area (Å²) in [5, 5.41) is 11.4. The first-order valence-corrected chi connectivity index (χ1v) is 18.3. The number of carbonyl (C=O) groups excluding carboxylic acids is 1. The molecule has 2 heterocycles. The van der Waals surface area contributed by atoms with Crippen LogP contribution in [0.25, 0.3) is 0 Å². The number of thioether (sulfide) groups is 1. The molecule has 3 aromatic rings. The molecule has 0 saturated carbocycles. The summed E-state index contributed by atoms with van der Waals surface area (Å²) < 4.78 is 26.3. The molecule has 2 aliphatic rings. The highest BCUT2D eigenvalue weighted by atomic mass is 35.5. The summed E-state index contributed by atoms with van der Waals surface area (Å²) in [4.78, 5) is 17.9. The number of piperidine rings is 2. The van der Waals surface area contributed by atoms with E-state index < -0.39 is 15.9 Å². The predicted molar refractivity (Wildman–Crippen MR) is 176 cm³/mol. The maximum Gasteiger partial charge on any atom is 0.253 e. The number of rotatable bonds is 10. The predicted octanol–water partition coefficient (Wildman–Crippen LogP) is 6.20. The quantitative estimate of drug-likeness (QED) is 0.261. The van der Waals surface area contributed by atoms with Gasteiger partial charge >= 0.3 is 0 Å². The number of nitrogens with zero attached hydrogens (tertiary/aromatic N) is 2. The van der Waals surface area contributed by atoms with Crippen LogP contribution in [-0.2, 0) is 15.3 Å². The molecule has 0 spiro atoms. The molecule has 2 fully saturated rings. The van der Waals surface area contributed by atoms with Gasteiger partial charge in [-0.15, -0.1) is 0 Å². The number of hydrogen-bond donors (Lipinski definition) is 1. The summed E-state index contributed by atoms with van der Waals surface area (Å²) in [6.07, 6.45) is 2.39. The minimum Gasteiger partial charge on any atom is -0.393 e. The lowest BCUT2D eigenvalue weighted by Crippen LogP contribution is -2.50. The SMILES string of the molecule is O=C(c1ccccc1)N1CCCC(CSCCN2CCC(O)CC2CS(=O)(=O)c2ccccc2)(c2ccc(Cl)c(Cl)c2)C1. The summed E-state index contributed by atoms with van der Waals surface area (Å²) in [6.45, 7) is 2.67. The van der Waals surface area contributed by atoms with Gasteiger partial charge in [0.05, 0.1) is 26.8 Å². The second-order valence-corrected chi connectivity index (χ2v) is 15.6. The van der Waals surface area contributed by atoms with Crippen LogP contribution < -0.4 is 0 Å². The Morgan fingerprint density at radius 3 is 2.42 bits per heavy atom. The van der Waals surface area contributed by atoms with Crippen molar-refractivity contribution in [2.24, 2.45) is 0 Å². The van der Waals surface area contributed by atoms with E-state index in [9.17, 15) is 18.3 Å². The summed E-state index contributed by atoms with van der Waals surface area (Å²) in [5.41, 5.74) is 1.46. The van der Waals surface area contributed by atoms with Crippen LogP contribution in [0.3, 0.4) is 0 Å². The number of aliphatic hydroxyl groups is 1. The number of amides is 1. The molecule has 6 nitrogen and oxygen atoms in total. The average Bonchev–Trinajstić information content (AvgIpc) is 3.02. The molecule has 2 saturated heterocycles. The maximum atomic E-state index is 13.5. The molecule has 43 heavy (non-hydrogen) atoms. The topological polar surface area (TPSA) is 77.9 Å². The molecule has 3 atom stereocenters. The fourth-order valence-electron chi connectivity index (χ4n) is 6.30. The van der Waals surface area contributed by atoms with Crippen LogP contribution in [0.15, 0.2) is 83.8 Å². The van der Waals surface area contributed by atoms with Crippen molar-refractivity contribution in [1.82, 2.24) is 9.80 Å². The molecule has 0 aliphatic carbocycles. The Morgan fingerprint density at radius 1 is 0.977 bits per heavy atom. The number of hydrogen-bond acceptors (Lipinski definition) is 6. The molecule has 0 aromatic heterocycles. The summed E-state index contributed by atoms with van der Waals surface area (Å²) in [7, 11) is -3.47. The Bertz CT molecular complexity index is 1490. The van der Waals surface area contributed by atoms with Gasteiger partial charge in [-0.3, -0.25) is 9.69 Å². The van der Waals surface area contributed by atoms with Crippen LogP contribution in [0, 0.1) is 0 Å². The van der Waals surface area contributed by atoms with E-state index in [-0.39, 0.29) is 23.1 Å². The number of likely N-dealkylation sites (tertiary alicyclic amines) is 2. The molecule has 1 amide bonds. The Labute approximate surface area is 269 Å². The summed E-state index contributed by atoms with van der Waals surface area (Å²) in [5.74, 6) is 1.60. The standard InChI is InChI=1S/C33H38Cl2N2O4S2/c34-30-13-12-26(20-31(30)35)33(15-7-16-37(23-33)32(39)25-8-3-1-4-9-25)24-42-19-18-36-17-14-28(38)21-27(36)22-43(40,41)29-10-5-2-6-11-29/h1-6,8-13,20,27-28,38H,7,14-19,21-24H2. The molecule has 230 valence electrons. The second-order valence-electron chi connectivity index (χ2n) is 11.6. The Balaban J connectivity index is 1.28. The van der Waals surface area contributed by atoms with Gasteiger partial charge < -0.3 is 10.0 Å². The molecule has 10 heteroatoms. The lowest BCUT2D eigenvalue weighted by molar-refractivity contribution is 0.0530. The normalized spacial score (nSPS) is 23.3. The van der Waals surface area contributed by atoms with E-state index in [1.165, 1.54) is 0 Å². The van der Waals surface area contributed by atoms with E-state index in [0.29, 0.717) is 53.0 Å². The molecule has 0 bridgehead atoms. The van der Waals surface area contributed by atoms with Crippen LogP contribution in [0.2, 0.25) is 10.0 Å². The Hall–Kier alpha value is -2.07. The molecule has 2 aliphatic heterocycles. The molecular formula is C33H38Cl2N2O4S2. The van der Waals surface area contributed by atoms with Gasteiger partial charge in [0, 0.05) is 54.7 Å². The van der Waals surface area contributed by atoms with Crippen molar-refractivity contribution < 1.29 is 18.3 Å². The zero-order chi connectivity index (χ0) is 30.5. The van der Waals surface area contributed by atoms with Crippen molar-refractivity contribution in [3.8, 4) is 0 Å². The molecular weight excluding hydrogens is 623 g/mol. The van der Waals surface area contributed by atoms with Crippen molar-refractivity contribution >= 4 is 50.7 Å². The van der Waals surface area contributed by atoms with E-state index in [1.807, 2.05) is 65.2 Å². The minimum absolute atomic E-state index is 0.0114. The van der Waals surface area contributed by atoms with E-state index in [1.54, 1.807) is 30.3 Å². The van der Waals surface area contributed by atoms with Crippen molar-refractivity contribution in [1.29, 1.82) is 0 Å². The van der Waals surface area contributed by atoms with Gasteiger partial charge in [0.1, 0.15) is 0 Å². The largest absolute Gasteiger partial charge is 0.393 e. The van der Waals surface area contributed by atoms with E-state index in [2.05, 4.69) is 4.90 Å². The number of aliphatic hydroxyl groups excluding tert-OH is 1. The van der Waals surface area contributed by atoms with Gasteiger partial charge in [0.15, 0.2) is 9.84 Å². The first-order valence-electron chi connectivity index (χ1n) is 14.7. The lowest BCUT2D eigenvalue weighted by Gasteiger charge is -2.44. The van der Waals surface area contributed by atoms with E-state index in [4.69, 9.17) is 23.2 Å². The minimum atomic E-state index is -3.47. The fourth-order valence-corrected chi connectivity index (χ4v) is 9.52. The van der Waals surface area contributed by atoms with Gasteiger partial charge in [-0.1, -0.05) is 65.7 Å². The number of benzene rings is 3. The van der Waals surface area contributed by atoms with Gasteiger partial charge in [0.2, 0.25) is 0 Å². The van der Waals surface area contributed by atoms with Gasteiger partial charge in [-0.2, -0.15) is 11.8 Å². The van der Waals surface area contributed by atoms with Crippen LogP contribution in [0.5, 0.6) is 0 Å². The first kappa shape index (κ1) is 32.3.